The van der Waals surface area contributed by atoms with E-state index in [1.807, 2.05) is 12.1 Å². The van der Waals surface area contributed by atoms with Crippen molar-refractivity contribution < 1.29 is 19.0 Å². The fourth-order valence-electron chi connectivity index (χ4n) is 2.86. The average molecular weight is 359 g/mol. The number of piperidine rings is 1. The normalized spacial score (nSPS) is 14.5. The van der Waals surface area contributed by atoms with E-state index in [4.69, 9.17) is 14.2 Å². The standard InChI is InChI=1S/C17H26N2O4.ClH/c1-21-14-8-13(9-15(22-2)17(14)23-3)11-19-16(20)10-12-4-6-18-7-5-12;/h8-9,12,18H,4-7,10-11H2,1-3H3,(H,19,20);1H. The van der Waals surface area contributed by atoms with Gasteiger partial charge in [0.05, 0.1) is 21.3 Å². The summed E-state index contributed by atoms with van der Waals surface area (Å²) >= 11 is 0. The zero-order chi connectivity index (χ0) is 16.7. The van der Waals surface area contributed by atoms with Gasteiger partial charge in [-0.3, -0.25) is 4.79 Å². The summed E-state index contributed by atoms with van der Waals surface area (Å²) in [6, 6.07) is 3.71. The lowest BCUT2D eigenvalue weighted by Crippen LogP contribution is -2.32. The average Bonchev–Trinajstić information content (AvgIpc) is 2.59. The minimum Gasteiger partial charge on any atom is -0.493 e. The van der Waals surface area contributed by atoms with E-state index in [1.165, 1.54) is 0 Å². The van der Waals surface area contributed by atoms with Gasteiger partial charge in [-0.1, -0.05) is 0 Å². The Morgan fingerprint density at radius 1 is 1.12 bits per heavy atom. The van der Waals surface area contributed by atoms with Gasteiger partial charge >= 0.3 is 0 Å². The summed E-state index contributed by atoms with van der Waals surface area (Å²) in [5, 5.41) is 6.29. The molecule has 1 saturated heterocycles. The van der Waals surface area contributed by atoms with Crippen LogP contribution in [0.2, 0.25) is 0 Å². The lowest BCUT2D eigenvalue weighted by atomic mass is 9.94. The predicted molar refractivity (Wildman–Crippen MR) is 95.4 cm³/mol. The summed E-state index contributed by atoms with van der Waals surface area (Å²) in [7, 11) is 4.73. The molecule has 1 aromatic rings. The first-order valence-electron chi connectivity index (χ1n) is 7.94. The van der Waals surface area contributed by atoms with Gasteiger partial charge in [-0.15, -0.1) is 12.4 Å². The molecule has 0 atom stereocenters. The first-order chi connectivity index (χ1) is 11.2. The Balaban J connectivity index is 0.00000288. The second-order valence-corrected chi connectivity index (χ2v) is 5.71. The van der Waals surface area contributed by atoms with Gasteiger partial charge in [-0.05, 0) is 49.5 Å². The number of carbonyl (C=O) groups excluding carboxylic acids is 1. The maximum absolute atomic E-state index is 12.1. The minimum absolute atomic E-state index is 0. The fourth-order valence-corrected chi connectivity index (χ4v) is 2.86. The molecule has 1 amide bonds. The molecule has 0 saturated carbocycles. The first-order valence-corrected chi connectivity index (χ1v) is 7.94. The highest BCUT2D eigenvalue weighted by atomic mass is 35.5. The molecule has 1 aromatic carbocycles. The van der Waals surface area contributed by atoms with Crippen molar-refractivity contribution in [3.63, 3.8) is 0 Å². The van der Waals surface area contributed by atoms with Crippen LogP contribution in [0, 0.1) is 5.92 Å². The quantitative estimate of drug-likeness (QED) is 0.781. The summed E-state index contributed by atoms with van der Waals surface area (Å²) < 4.78 is 15.9. The molecule has 0 aliphatic carbocycles. The summed E-state index contributed by atoms with van der Waals surface area (Å²) in [4.78, 5) is 12.1. The molecule has 1 aliphatic rings. The van der Waals surface area contributed by atoms with E-state index in [0.29, 0.717) is 36.1 Å². The summed E-state index contributed by atoms with van der Waals surface area (Å²) in [6.07, 6.45) is 2.72. The van der Waals surface area contributed by atoms with Crippen LogP contribution in [0.4, 0.5) is 0 Å². The number of amides is 1. The van der Waals surface area contributed by atoms with Crippen molar-refractivity contribution in [3.8, 4) is 17.2 Å². The Morgan fingerprint density at radius 3 is 2.21 bits per heavy atom. The minimum atomic E-state index is 0. The Bertz CT molecular complexity index is 508. The van der Waals surface area contributed by atoms with Crippen LogP contribution in [0.25, 0.3) is 0 Å². The van der Waals surface area contributed by atoms with Crippen LogP contribution in [-0.2, 0) is 11.3 Å². The van der Waals surface area contributed by atoms with Crippen LogP contribution in [0.5, 0.6) is 17.2 Å². The number of benzene rings is 1. The van der Waals surface area contributed by atoms with Crippen molar-refractivity contribution in [3.05, 3.63) is 17.7 Å². The van der Waals surface area contributed by atoms with E-state index in [9.17, 15) is 4.79 Å². The van der Waals surface area contributed by atoms with Crippen LogP contribution < -0.4 is 24.8 Å². The van der Waals surface area contributed by atoms with Gasteiger partial charge < -0.3 is 24.8 Å². The third kappa shape index (κ3) is 5.46. The van der Waals surface area contributed by atoms with Gasteiger partial charge in [-0.2, -0.15) is 0 Å². The van der Waals surface area contributed by atoms with Gasteiger partial charge in [0, 0.05) is 13.0 Å². The summed E-state index contributed by atoms with van der Waals surface area (Å²) in [5.74, 6) is 2.31. The van der Waals surface area contributed by atoms with Gasteiger partial charge in [0.25, 0.3) is 0 Å². The topological polar surface area (TPSA) is 68.8 Å². The van der Waals surface area contributed by atoms with Gasteiger partial charge in [0.2, 0.25) is 11.7 Å². The highest BCUT2D eigenvalue weighted by Crippen LogP contribution is 2.38. The molecule has 2 N–H and O–H groups in total. The first kappa shape index (κ1) is 20.4. The maximum atomic E-state index is 12.1. The number of halogens is 1. The van der Waals surface area contributed by atoms with Gasteiger partial charge in [0.1, 0.15) is 0 Å². The molecule has 1 aliphatic heterocycles. The van der Waals surface area contributed by atoms with E-state index in [2.05, 4.69) is 10.6 Å². The van der Waals surface area contributed by atoms with E-state index in [-0.39, 0.29) is 18.3 Å². The Kier molecular flexibility index (Phi) is 8.71. The smallest absolute Gasteiger partial charge is 0.220 e. The Labute approximate surface area is 149 Å². The molecule has 0 aromatic heterocycles. The molecule has 0 unspecified atom stereocenters. The zero-order valence-corrected chi connectivity index (χ0v) is 15.3. The number of methoxy groups -OCH3 is 3. The highest BCUT2D eigenvalue weighted by molar-refractivity contribution is 5.85. The van der Waals surface area contributed by atoms with Gasteiger partial charge in [-0.25, -0.2) is 0 Å². The Hall–Kier alpha value is -1.66. The number of ether oxygens (including phenoxy) is 3. The maximum Gasteiger partial charge on any atom is 0.220 e. The molecule has 136 valence electrons. The molecule has 24 heavy (non-hydrogen) atoms. The molecule has 6 nitrogen and oxygen atoms in total. The van der Waals surface area contributed by atoms with Crippen molar-refractivity contribution in [1.29, 1.82) is 0 Å². The third-order valence-corrected chi connectivity index (χ3v) is 4.15. The van der Waals surface area contributed by atoms with Crippen molar-refractivity contribution in [2.24, 2.45) is 5.92 Å². The number of carbonyl (C=O) groups is 1. The van der Waals surface area contributed by atoms with E-state index in [1.54, 1.807) is 21.3 Å². The van der Waals surface area contributed by atoms with Crippen molar-refractivity contribution in [2.75, 3.05) is 34.4 Å². The second-order valence-electron chi connectivity index (χ2n) is 5.71. The zero-order valence-electron chi connectivity index (χ0n) is 14.5. The van der Waals surface area contributed by atoms with Crippen molar-refractivity contribution >= 4 is 18.3 Å². The molecular formula is C17H27ClN2O4. The summed E-state index contributed by atoms with van der Waals surface area (Å²) in [5.41, 5.74) is 0.915. The predicted octanol–water partition coefficient (Wildman–Crippen LogP) is 2.14. The lowest BCUT2D eigenvalue weighted by molar-refractivity contribution is -0.122. The van der Waals surface area contributed by atoms with Crippen molar-refractivity contribution in [2.45, 2.75) is 25.8 Å². The molecule has 0 bridgehead atoms. The molecule has 2 rings (SSSR count). The number of hydrogen-bond acceptors (Lipinski definition) is 5. The Morgan fingerprint density at radius 2 is 1.71 bits per heavy atom. The van der Waals surface area contributed by atoms with Crippen LogP contribution in [0.3, 0.4) is 0 Å². The SMILES string of the molecule is COc1cc(CNC(=O)CC2CCNCC2)cc(OC)c1OC.Cl. The number of rotatable bonds is 7. The third-order valence-electron chi connectivity index (χ3n) is 4.15. The molecule has 0 radical (unpaired) electrons. The molecule has 7 heteroatoms. The monoisotopic (exact) mass is 358 g/mol. The van der Waals surface area contributed by atoms with Crippen LogP contribution >= 0.6 is 12.4 Å². The van der Waals surface area contributed by atoms with Crippen LogP contribution in [-0.4, -0.2) is 40.3 Å². The van der Waals surface area contributed by atoms with E-state index >= 15 is 0 Å². The second kappa shape index (κ2) is 10.3. The molecular weight excluding hydrogens is 332 g/mol. The van der Waals surface area contributed by atoms with E-state index < -0.39 is 0 Å². The molecule has 1 fully saturated rings. The number of hydrogen-bond donors (Lipinski definition) is 2. The number of nitrogens with one attached hydrogen (secondary N) is 2. The van der Waals surface area contributed by atoms with Crippen LogP contribution in [0.1, 0.15) is 24.8 Å². The van der Waals surface area contributed by atoms with E-state index in [0.717, 1.165) is 31.5 Å². The highest BCUT2D eigenvalue weighted by Gasteiger charge is 2.17. The summed E-state index contributed by atoms with van der Waals surface area (Å²) in [6.45, 7) is 2.45. The van der Waals surface area contributed by atoms with Gasteiger partial charge in [0.15, 0.2) is 11.5 Å². The van der Waals surface area contributed by atoms with Crippen LogP contribution in [0.15, 0.2) is 12.1 Å². The lowest BCUT2D eigenvalue weighted by Gasteiger charge is -2.22. The largest absolute Gasteiger partial charge is 0.493 e. The fraction of sp³-hybridized carbons (Fsp3) is 0.588. The molecule has 1 heterocycles. The van der Waals surface area contributed by atoms with Crippen molar-refractivity contribution in [1.82, 2.24) is 10.6 Å². The molecule has 0 spiro atoms.